The van der Waals surface area contributed by atoms with Crippen LogP contribution in [0.1, 0.15) is 19.8 Å². The zero-order valence-electron chi connectivity index (χ0n) is 13.2. The van der Waals surface area contributed by atoms with Gasteiger partial charge in [-0.05, 0) is 44.0 Å². The number of carbonyl (C=O) groups is 1. The monoisotopic (exact) mass is 290 g/mol. The van der Waals surface area contributed by atoms with Gasteiger partial charge in [-0.15, -0.1) is 0 Å². The normalized spacial score (nSPS) is 17.4. The van der Waals surface area contributed by atoms with Crippen molar-refractivity contribution in [3.05, 3.63) is 24.3 Å². The maximum atomic E-state index is 11.6. The summed E-state index contributed by atoms with van der Waals surface area (Å²) in [7, 11) is 4.09. The lowest BCUT2D eigenvalue weighted by atomic mass is 10.0. The van der Waals surface area contributed by atoms with Gasteiger partial charge in [0.05, 0.1) is 6.04 Å². The van der Waals surface area contributed by atoms with E-state index < -0.39 is 6.04 Å². The Labute approximate surface area is 127 Å². The highest BCUT2D eigenvalue weighted by Gasteiger charge is 2.21. The number of piperidine rings is 1. The Morgan fingerprint density at radius 2 is 1.86 bits per heavy atom. The molecule has 0 aliphatic carbocycles. The minimum absolute atomic E-state index is 0.0521. The van der Waals surface area contributed by atoms with Crippen LogP contribution >= 0.6 is 0 Å². The third kappa shape index (κ3) is 4.11. The maximum Gasteiger partial charge on any atom is 0.236 e. The van der Waals surface area contributed by atoms with Crippen LogP contribution < -0.4 is 20.9 Å². The Bertz CT molecular complexity index is 462. The second-order valence-electron chi connectivity index (χ2n) is 5.97. The van der Waals surface area contributed by atoms with Gasteiger partial charge in [-0.1, -0.05) is 0 Å². The first-order valence-electron chi connectivity index (χ1n) is 7.55. The lowest BCUT2D eigenvalue weighted by Gasteiger charge is -2.34. The molecule has 1 heterocycles. The molecule has 0 saturated carbocycles. The highest BCUT2D eigenvalue weighted by atomic mass is 16.2. The molecular formula is C16H26N4O. The molecule has 0 radical (unpaired) electrons. The topological polar surface area (TPSA) is 61.6 Å². The smallest absolute Gasteiger partial charge is 0.236 e. The molecule has 0 unspecified atom stereocenters. The fourth-order valence-electron chi connectivity index (χ4n) is 2.58. The Kier molecular flexibility index (Phi) is 5.07. The number of nitrogens with two attached hydrogens (primary N) is 1. The second-order valence-corrected chi connectivity index (χ2v) is 5.97. The van der Waals surface area contributed by atoms with E-state index in [2.05, 4.69) is 39.4 Å². The number of hydrogen-bond donors (Lipinski definition) is 2. The Balaban J connectivity index is 1.87. The summed E-state index contributed by atoms with van der Waals surface area (Å²) in [5, 5.41) is 3.02. The van der Waals surface area contributed by atoms with E-state index in [1.807, 2.05) is 14.1 Å². The van der Waals surface area contributed by atoms with Crippen molar-refractivity contribution in [2.75, 3.05) is 37.0 Å². The maximum absolute atomic E-state index is 11.6. The molecular weight excluding hydrogens is 264 g/mol. The zero-order chi connectivity index (χ0) is 15.4. The van der Waals surface area contributed by atoms with Gasteiger partial charge in [0.15, 0.2) is 0 Å². The van der Waals surface area contributed by atoms with E-state index in [4.69, 9.17) is 5.73 Å². The molecule has 0 spiro atoms. The predicted molar refractivity (Wildman–Crippen MR) is 87.8 cm³/mol. The van der Waals surface area contributed by atoms with Crippen molar-refractivity contribution in [3.8, 4) is 0 Å². The number of anilines is 2. The van der Waals surface area contributed by atoms with Crippen LogP contribution in [0, 0.1) is 0 Å². The van der Waals surface area contributed by atoms with Crippen LogP contribution in [0.3, 0.4) is 0 Å². The molecule has 0 bridgehead atoms. The molecule has 1 aromatic carbocycles. The van der Waals surface area contributed by atoms with Gasteiger partial charge < -0.3 is 20.9 Å². The summed E-state index contributed by atoms with van der Waals surface area (Å²) >= 11 is 0. The number of nitrogens with one attached hydrogen (secondary N) is 1. The van der Waals surface area contributed by atoms with Gasteiger partial charge in [0, 0.05) is 44.6 Å². The van der Waals surface area contributed by atoms with Gasteiger partial charge in [-0.3, -0.25) is 4.79 Å². The highest BCUT2D eigenvalue weighted by Crippen LogP contribution is 2.22. The van der Waals surface area contributed by atoms with Crippen LogP contribution in [-0.4, -0.2) is 45.2 Å². The van der Waals surface area contributed by atoms with Crippen molar-refractivity contribution in [2.24, 2.45) is 5.73 Å². The summed E-state index contributed by atoms with van der Waals surface area (Å²) in [4.78, 5) is 16.1. The Morgan fingerprint density at radius 3 is 2.33 bits per heavy atom. The summed E-state index contributed by atoms with van der Waals surface area (Å²) < 4.78 is 0. The third-order valence-corrected chi connectivity index (χ3v) is 3.99. The molecule has 0 aromatic heterocycles. The van der Waals surface area contributed by atoms with E-state index in [1.54, 1.807) is 6.92 Å². The summed E-state index contributed by atoms with van der Waals surface area (Å²) in [6.07, 6.45) is 1.93. The van der Waals surface area contributed by atoms with Crippen molar-refractivity contribution in [1.29, 1.82) is 0 Å². The fraction of sp³-hybridized carbons (Fsp3) is 0.562. The Morgan fingerprint density at radius 1 is 1.29 bits per heavy atom. The molecule has 1 atom stereocenters. The van der Waals surface area contributed by atoms with Gasteiger partial charge in [0.25, 0.3) is 0 Å². The van der Waals surface area contributed by atoms with Crippen LogP contribution in [0.4, 0.5) is 11.4 Å². The van der Waals surface area contributed by atoms with Crippen LogP contribution in [0.15, 0.2) is 24.3 Å². The Hall–Kier alpha value is -1.75. The summed E-state index contributed by atoms with van der Waals surface area (Å²) in [5.74, 6) is -0.0521. The number of amides is 1. The van der Waals surface area contributed by atoms with Crippen molar-refractivity contribution >= 4 is 17.3 Å². The molecule has 21 heavy (non-hydrogen) atoms. The van der Waals surface area contributed by atoms with Gasteiger partial charge in [0.2, 0.25) is 5.91 Å². The first-order valence-corrected chi connectivity index (χ1v) is 7.55. The number of nitrogens with zero attached hydrogens (tertiary/aromatic N) is 2. The van der Waals surface area contributed by atoms with E-state index in [9.17, 15) is 4.79 Å². The van der Waals surface area contributed by atoms with E-state index in [0.29, 0.717) is 0 Å². The van der Waals surface area contributed by atoms with Crippen molar-refractivity contribution in [2.45, 2.75) is 31.8 Å². The number of carbonyl (C=O) groups excluding carboxylic acids is 1. The van der Waals surface area contributed by atoms with Crippen molar-refractivity contribution in [3.63, 3.8) is 0 Å². The first-order chi connectivity index (χ1) is 9.97. The molecule has 1 aliphatic heterocycles. The minimum atomic E-state index is -0.429. The third-order valence-electron chi connectivity index (χ3n) is 3.99. The predicted octanol–water partition coefficient (Wildman–Crippen LogP) is 1.18. The van der Waals surface area contributed by atoms with Crippen LogP contribution in [-0.2, 0) is 4.79 Å². The van der Waals surface area contributed by atoms with Crippen LogP contribution in [0.25, 0.3) is 0 Å². The quantitative estimate of drug-likeness (QED) is 0.874. The van der Waals surface area contributed by atoms with Gasteiger partial charge in [-0.2, -0.15) is 0 Å². The number of benzene rings is 1. The van der Waals surface area contributed by atoms with Crippen molar-refractivity contribution in [1.82, 2.24) is 5.32 Å². The molecule has 5 heteroatoms. The zero-order valence-corrected chi connectivity index (χ0v) is 13.2. The molecule has 1 fully saturated rings. The van der Waals surface area contributed by atoms with Crippen LogP contribution in [0.2, 0.25) is 0 Å². The van der Waals surface area contributed by atoms with E-state index in [-0.39, 0.29) is 11.9 Å². The molecule has 5 nitrogen and oxygen atoms in total. The van der Waals surface area contributed by atoms with Gasteiger partial charge in [0.1, 0.15) is 0 Å². The van der Waals surface area contributed by atoms with Crippen LogP contribution in [0.5, 0.6) is 0 Å². The lowest BCUT2D eigenvalue weighted by molar-refractivity contribution is -0.122. The van der Waals surface area contributed by atoms with Crippen molar-refractivity contribution < 1.29 is 4.79 Å². The molecule has 2 rings (SSSR count). The molecule has 1 saturated heterocycles. The fourth-order valence-corrected chi connectivity index (χ4v) is 2.58. The standard InChI is InChI=1S/C16H26N4O/c1-12(17)16(21)18-13-8-10-20(11-9-13)15-6-4-14(5-7-15)19(2)3/h4-7,12-13H,8-11,17H2,1-3H3,(H,18,21)/t12-/m1/s1. The van der Waals surface area contributed by atoms with E-state index in [1.165, 1.54) is 11.4 Å². The van der Waals surface area contributed by atoms with Gasteiger partial charge in [-0.25, -0.2) is 0 Å². The lowest BCUT2D eigenvalue weighted by Crippen LogP contribution is -2.48. The molecule has 3 N–H and O–H groups in total. The summed E-state index contributed by atoms with van der Waals surface area (Å²) in [6, 6.07) is 8.42. The number of rotatable bonds is 4. The first kappa shape index (κ1) is 15.6. The van der Waals surface area contributed by atoms with E-state index in [0.717, 1.165) is 25.9 Å². The van der Waals surface area contributed by atoms with E-state index >= 15 is 0 Å². The minimum Gasteiger partial charge on any atom is -0.378 e. The second kappa shape index (κ2) is 6.80. The molecule has 1 aliphatic rings. The average molecular weight is 290 g/mol. The average Bonchev–Trinajstić information content (AvgIpc) is 2.48. The highest BCUT2D eigenvalue weighted by molar-refractivity contribution is 5.81. The largest absolute Gasteiger partial charge is 0.378 e. The summed E-state index contributed by atoms with van der Waals surface area (Å²) in [6.45, 7) is 3.65. The van der Waals surface area contributed by atoms with Gasteiger partial charge >= 0.3 is 0 Å². The molecule has 1 aromatic rings. The SMILES string of the molecule is C[C@@H](N)C(=O)NC1CCN(c2ccc(N(C)C)cc2)CC1. The number of hydrogen-bond acceptors (Lipinski definition) is 4. The molecule has 1 amide bonds. The molecule has 116 valence electrons. The summed E-state index contributed by atoms with van der Waals surface area (Å²) in [5.41, 5.74) is 8.04.